The lowest BCUT2D eigenvalue weighted by Crippen LogP contribution is -2.13. The maximum absolute atomic E-state index is 12.4. The van der Waals surface area contributed by atoms with Crippen molar-refractivity contribution in [2.24, 2.45) is 0 Å². The first-order chi connectivity index (χ1) is 12.9. The van der Waals surface area contributed by atoms with Gasteiger partial charge in [0, 0.05) is 23.6 Å². The molecule has 3 aromatic rings. The third-order valence-electron chi connectivity index (χ3n) is 3.85. The van der Waals surface area contributed by atoms with Crippen molar-refractivity contribution in [3.63, 3.8) is 0 Å². The average Bonchev–Trinajstić information content (AvgIpc) is 2.68. The lowest BCUT2D eigenvalue weighted by molar-refractivity contribution is 0.0696. The van der Waals surface area contributed by atoms with Crippen molar-refractivity contribution in [1.82, 2.24) is 4.98 Å². The third kappa shape index (κ3) is 4.16. The molecule has 0 bridgehead atoms. The number of benzene rings is 2. The largest absolute Gasteiger partial charge is 0.478 e. The Morgan fingerprint density at radius 2 is 1.22 bits per heavy atom. The van der Waals surface area contributed by atoms with Crippen molar-refractivity contribution in [2.45, 2.75) is 0 Å². The summed E-state index contributed by atoms with van der Waals surface area (Å²) in [5.74, 6) is -3.04. The second-order valence-corrected chi connectivity index (χ2v) is 5.68. The number of carboxylic acid groups (broad SMARTS) is 2. The molecule has 3 rings (SSSR count). The van der Waals surface area contributed by atoms with Crippen molar-refractivity contribution in [3.05, 3.63) is 83.7 Å². The number of hydrogen-bond donors (Lipinski definition) is 3. The van der Waals surface area contributed by atoms with Crippen LogP contribution < -0.4 is 5.32 Å². The van der Waals surface area contributed by atoms with Crippen LogP contribution in [0, 0.1) is 0 Å². The van der Waals surface area contributed by atoms with Gasteiger partial charge in [-0.3, -0.25) is 9.78 Å². The average molecular weight is 362 g/mol. The monoisotopic (exact) mass is 362 g/mol. The van der Waals surface area contributed by atoms with Gasteiger partial charge in [0.25, 0.3) is 5.91 Å². The van der Waals surface area contributed by atoms with E-state index in [1.165, 1.54) is 12.1 Å². The summed E-state index contributed by atoms with van der Waals surface area (Å²) in [7, 11) is 0. The summed E-state index contributed by atoms with van der Waals surface area (Å²) in [4.78, 5) is 38.7. The van der Waals surface area contributed by atoms with Crippen molar-refractivity contribution >= 4 is 23.5 Å². The van der Waals surface area contributed by atoms with E-state index in [1.807, 2.05) is 12.1 Å². The Morgan fingerprint density at radius 1 is 0.704 bits per heavy atom. The fraction of sp³-hybridized carbons (Fsp3) is 0. The summed E-state index contributed by atoms with van der Waals surface area (Å²) in [5, 5.41) is 20.7. The highest BCUT2D eigenvalue weighted by Crippen LogP contribution is 2.20. The molecule has 7 nitrogen and oxygen atoms in total. The zero-order valence-electron chi connectivity index (χ0n) is 13.9. The summed E-state index contributed by atoms with van der Waals surface area (Å²) in [6.45, 7) is 0. The van der Waals surface area contributed by atoms with Crippen molar-refractivity contribution in [1.29, 1.82) is 0 Å². The third-order valence-corrected chi connectivity index (χ3v) is 3.85. The molecule has 0 saturated carbocycles. The molecule has 0 aliphatic carbocycles. The number of anilines is 1. The van der Waals surface area contributed by atoms with E-state index < -0.39 is 17.8 Å². The summed E-state index contributed by atoms with van der Waals surface area (Å²) >= 11 is 0. The predicted octanol–water partition coefficient (Wildman–Crippen LogP) is 3.40. The maximum Gasteiger partial charge on any atom is 0.335 e. The van der Waals surface area contributed by atoms with Crippen LogP contribution in [-0.4, -0.2) is 33.0 Å². The summed E-state index contributed by atoms with van der Waals surface area (Å²) in [6.07, 6.45) is 3.34. The minimum absolute atomic E-state index is 0.0931. The van der Waals surface area contributed by atoms with Gasteiger partial charge in [-0.2, -0.15) is 0 Å². The molecule has 0 aliphatic rings. The molecular weight excluding hydrogens is 348 g/mol. The molecule has 2 aromatic carbocycles. The molecule has 0 unspecified atom stereocenters. The lowest BCUT2D eigenvalue weighted by atomic mass is 10.0. The number of hydrogen-bond acceptors (Lipinski definition) is 4. The Kier molecular flexibility index (Phi) is 4.94. The van der Waals surface area contributed by atoms with Crippen LogP contribution in [0.25, 0.3) is 11.1 Å². The van der Waals surface area contributed by atoms with E-state index in [4.69, 9.17) is 10.2 Å². The van der Waals surface area contributed by atoms with Crippen molar-refractivity contribution < 1.29 is 24.6 Å². The Balaban J connectivity index is 1.83. The first kappa shape index (κ1) is 17.8. The van der Waals surface area contributed by atoms with Gasteiger partial charge in [0.15, 0.2) is 0 Å². The van der Waals surface area contributed by atoms with E-state index in [1.54, 1.807) is 36.7 Å². The smallest absolute Gasteiger partial charge is 0.335 e. The van der Waals surface area contributed by atoms with Crippen LogP contribution in [-0.2, 0) is 0 Å². The summed E-state index contributed by atoms with van der Waals surface area (Å²) < 4.78 is 0. The summed E-state index contributed by atoms with van der Waals surface area (Å²) in [6, 6.07) is 14.0. The quantitative estimate of drug-likeness (QED) is 0.640. The SMILES string of the molecule is O=C(O)c1cc(NC(=O)c2ccc(-c3ccncc3)cc2)cc(C(=O)O)c1. The molecule has 7 heteroatoms. The van der Waals surface area contributed by atoms with Crippen LogP contribution in [0.1, 0.15) is 31.1 Å². The van der Waals surface area contributed by atoms with E-state index in [2.05, 4.69) is 10.3 Å². The number of nitrogens with zero attached hydrogens (tertiary/aromatic N) is 1. The van der Waals surface area contributed by atoms with Crippen LogP contribution in [0.2, 0.25) is 0 Å². The van der Waals surface area contributed by atoms with E-state index >= 15 is 0 Å². The minimum Gasteiger partial charge on any atom is -0.478 e. The molecule has 0 atom stereocenters. The number of carbonyl (C=O) groups excluding carboxylic acids is 1. The van der Waals surface area contributed by atoms with Crippen molar-refractivity contribution in [3.8, 4) is 11.1 Å². The zero-order chi connectivity index (χ0) is 19.4. The van der Waals surface area contributed by atoms with Gasteiger partial charge in [0.1, 0.15) is 0 Å². The molecule has 1 heterocycles. The van der Waals surface area contributed by atoms with E-state index in [0.717, 1.165) is 17.2 Å². The molecule has 134 valence electrons. The van der Waals surface area contributed by atoms with Gasteiger partial charge in [0.05, 0.1) is 11.1 Å². The predicted molar refractivity (Wildman–Crippen MR) is 98.0 cm³/mol. The highest BCUT2D eigenvalue weighted by Gasteiger charge is 2.14. The highest BCUT2D eigenvalue weighted by molar-refractivity contribution is 6.06. The van der Waals surface area contributed by atoms with Crippen LogP contribution >= 0.6 is 0 Å². The minimum atomic E-state index is -1.28. The number of carboxylic acids is 2. The number of aromatic carboxylic acids is 2. The molecule has 0 radical (unpaired) electrons. The van der Waals surface area contributed by atoms with E-state index in [-0.39, 0.29) is 16.8 Å². The van der Waals surface area contributed by atoms with Gasteiger partial charge in [-0.1, -0.05) is 12.1 Å². The number of carbonyl (C=O) groups is 3. The molecule has 27 heavy (non-hydrogen) atoms. The topological polar surface area (TPSA) is 117 Å². The Morgan fingerprint density at radius 3 is 1.74 bits per heavy atom. The molecule has 0 fully saturated rings. The molecule has 0 aliphatic heterocycles. The number of pyridine rings is 1. The normalized spacial score (nSPS) is 10.2. The Labute approximate surface area is 153 Å². The highest BCUT2D eigenvalue weighted by atomic mass is 16.4. The zero-order valence-corrected chi connectivity index (χ0v) is 13.9. The standard InChI is InChI=1S/C20H14N2O5/c23-18(14-3-1-12(2-4-14)13-5-7-21-8-6-13)22-17-10-15(19(24)25)9-16(11-17)20(26)27/h1-11H,(H,22,23)(H,24,25)(H,26,27). The Hall–Kier alpha value is -4.00. The fourth-order valence-corrected chi connectivity index (χ4v) is 2.51. The number of amides is 1. The second kappa shape index (κ2) is 7.49. The first-order valence-corrected chi connectivity index (χ1v) is 7.87. The molecule has 1 aromatic heterocycles. The van der Waals surface area contributed by atoms with Gasteiger partial charge in [-0.05, 0) is 53.6 Å². The molecule has 0 spiro atoms. The number of aromatic nitrogens is 1. The molecular formula is C20H14N2O5. The molecule has 1 amide bonds. The van der Waals surface area contributed by atoms with Crippen LogP contribution in [0.3, 0.4) is 0 Å². The van der Waals surface area contributed by atoms with Gasteiger partial charge in [-0.15, -0.1) is 0 Å². The van der Waals surface area contributed by atoms with Gasteiger partial charge in [0.2, 0.25) is 0 Å². The molecule has 3 N–H and O–H groups in total. The van der Waals surface area contributed by atoms with Gasteiger partial charge >= 0.3 is 11.9 Å². The summed E-state index contributed by atoms with van der Waals surface area (Å²) in [5.41, 5.74) is 1.87. The Bertz CT molecular complexity index is 982. The second-order valence-electron chi connectivity index (χ2n) is 5.68. The van der Waals surface area contributed by atoms with Crippen LogP contribution in [0.5, 0.6) is 0 Å². The number of nitrogens with one attached hydrogen (secondary N) is 1. The fourth-order valence-electron chi connectivity index (χ4n) is 2.51. The first-order valence-electron chi connectivity index (χ1n) is 7.87. The van der Waals surface area contributed by atoms with Crippen LogP contribution in [0.15, 0.2) is 67.0 Å². The van der Waals surface area contributed by atoms with E-state index in [9.17, 15) is 14.4 Å². The van der Waals surface area contributed by atoms with Gasteiger partial charge < -0.3 is 15.5 Å². The lowest BCUT2D eigenvalue weighted by Gasteiger charge is -2.09. The molecule has 0 saturated heterocycles. The van der Waals surface area contributed by atoms with Crippen LogP contribution in [0.4, 0.5) is 5.69 Å². The van der Waals surface area contributed by atoms with Gasteiger partial charge in [-0.25, -0.2) is 9.59 Å². The number of rotatable bonds is 5. The maximum atomic E-state index is 12.4. The van der Waals surface area contributed by atoms with E-state index in [0.29, 0.717) is 5.56 Å². The van der Waals surface area contributed by atoms with Crippen molar-refractivity contribution in [2.75, 3.05) is 5.32 Å².